The molecule has 0 aromatic carbocycles. The Hall–Kier alpha value is -2.77. The van der Waals surface area contributed by atoms with Crippen LogP contribution in [0.1, 0.15) is 52.0 Å². The summed E-state index contributed by atoms with van der Waals surface area (Å²) in [4.78, 5) is 38.1. The Morgan fingerprint density at radius 1 is 1.19 bits per heavy atom. The van der Waals surface area contributed by atoms with Crippen molar-refractivity contribution >= 4 is 11.8 Å². The van der Waals surface area contributed by atoms with Crippen LogP contribution in [0.15, 0.2) is 18.6 Å². The van der Waals surface area contributed by atoms with Crippen molar-refractivity contribution < 1.29 is 9.59 Å². The summed E-state index contributed by atoms with van der Waals surface area (Å²) >= 11 is 0. The third-order valence-electron chi connectivity index (χ3n) is 5.42. The molecule has 4 rings (SSSR count). The lowest BCUT2D eigenvalue weighted by Gasteiger charge is -2.41. The number of piperazine rings is 1. The zero-order valence-corrected chi connectivity index (χ0v) is 15.7. The highest BCUT2D eigenvalue weighted by Crippen LogP contribution is 2.37. The normalized spacial score (nSPS) is 20.0. The molecule has 3 heterocycles. The lowest BCUT2D eigenvalue weighted by Crippen LogP contribution is -2.57. The van der Waals surface area contributed by atoms with Crippen LogP contribution >= 0.6 is 0 Å². The van der Waals surface area contributed by atoms with Gasteiger partial charge in [-0.3, -0.25) is 19.7 Å². The minimum Gasteiger partial charge on any atom is -0.333 e. The number of aromatic amines is 1. The average Bonchev–Trinajstić information content (AvgIpc) is 3.43. The number of carbonyl (C=O) groups excluding carboxylic acids is 2. The van der Waals surface area contributed by atoms with Crippen molar-refractivity contribution in [2.75, 3.05) is 19.6 Å². The molecule has 1 atom stereocenters. The molecular weight excluding hydrogens is 344 g/mol. The largest absolute Gasteiger partial charge is 0.333 e. The summed E-state index contributed by atoms with van der Waals surface area (Å²) in [7, 11) is 0. The van der Waals surface area contributed by atoms with Crippen LogP contribution in [-0.4, -0.2) is 67.5 Å². The van der Waals surface area contributed by atoms with E-state index in [-0.39, 0.29) is 17.9 Å². The molecule has 0 radical (unpaired) electrons. The fourth-order valence-electron chi connectivity index (χ4n) is 3.77. The monoisotopic (exact) mass is 368 g/mol. The van der Waals surface area contributed by atoms with Crippen molar-refractivity contribution in [3.05, 3.63) is 41.2 Å². The number of hydrogen-bond donors (Lipinski definition) is 1. The van der Waals surface area contributed by atoms with Crippen LogP contribution in [0.3, 0.4) is 0 Å². The van der Waals surface area contributed by atoms with Gasteiger partial charge in [0.2, 0.25) is 0 Å². The molecule has 142 valence electrons. The van der Waals surface area contributed by atoms with Crippen LogP contribution in [0.4, 0.5) is 0 Å². The second-order valence-corrected chi connectivity index (χ2v) is 7.32. The van der Waals surface area contributed by atoms with Gasteiger partial charge in [-0.2, -0.15) is 5.10 Å². The number of aromatic nitrogens is 4. The van der Waals surface area contributed by atoms with Crippen molar-refractivity contribution in [1.29, 1.82) is 0 Å². The van der Waals surface area contributed by atoms with Gasteiger partial charge in [0.15, 0.2) is 0 Å². The Bertz CT molecular complexity index is 859. The lowest BCUT2D eigenvalue weighted by molar-refractivity contribution is 0.0341. The lowest BCUT2D eigenvalue weighted by atomic mass is 10.0. The number of hydrogen-bond acceptors (Lipinski definition) is 5. The van der Waals surface area contributed by atoms with E-state index in [9.17, 15) is 9.59 Å². The maximum absolute atomic E-state index is 13.1. The standard InChI is InChI=1S/C19H24N6O2/c1-3-13-9-21-23-17(13)19(27)25-7-6-24(11-16(25)14-4-5-14)18(26)15-10-20-8-12(2)22-15/h8-10,14,16H,3-7,11H2,1-2H3,(H,21,23). The van der Waals surface area contributed by atoms with E-state index in [1.54, 1.807) is 12.4 Å². The van der Waals surface area contributed by atoms with E-state index in [0.29, 0.717) is 36.9 Å². The van der Waals surface area contributed by atoms with Gasteiger partial charge in [0.25, 0.3) is 11.8 Å². The van der Waals surface area contributed by atoms with Crippen molar-refractivity contribution in [3.63, 3.8) is 0 Å². The van der Waals surface area contributed by atoms with Crippen molar-refractivity contribution in [2.24, 2.45) is 5.92 Å². The fraction of sp³-hybridized carbons (Fsp3) is 0.526. The highest BCUT2D eigenvalue weighted by Gasteiger charge is 2.42. The molecule has 1 N–H and O–H groups in total. The SMILES string of the molecule is CCc1cn[nH]c1C(=O)N1CCN(C(=O)c2cncc(C)n2)CC1C1CC1. The smallest absolute Gasteiger partial charge is 0.274 e. The molecule has 2 aliphatic rings. The third-order valence-corrected chi connectivity index (χ3v) is 5.42. The van der Waals surface area contributed by atoms with Gasteiger partial charge in [-0.1, -0.05) is 6.92 Å². The zero-order chi connectivity index (χ0) is 19.0. The Morgan fingerprint density at radius 2 is 2.00 bits per heavy atom. The number of H-pyrrole nitrogens is 1. The van der Waals surface area contributed by atoms with Gasteiger partial charge < -0.3 is 9.80 Å². The number of nitrogens with zero attached hydrogens (tertiary/aromatic N) is 5. The topological polar surface area (TPSA) is 95.1 Å². The highest BCUT2D eigenvalue weighted by atomic mass is 16.2. The van der Waals surface area contributed by atoms with Crippen LogP contribution in [-0.2, 0) is 6.42 Å². The maximum Gasteiger partial charge on any atom is 0.274 e. The van der Waals surface area contributed by atoms with Gasteiger partial charge >= 0.3 is 0 Å². The molecule has 1 saturated carbocycles. The highest BCUT2D eigenvalue weighted by molar-refractivity contribution is 5.95. The van der Waals surface area contributed by atoms with Gasteiger partial charge in [-0.15, -0.1) is 0 Å². The molecule has 2 fully saturated rings. The van der Waals surface area contributed by atoms with Crippen LogP contribution in [0.2, 0.25) is 0 Å². The molecule has 8 nitrogen and oxygen atoms in total. The Morgan fingerprint density at radius 3 is 2.70 bits per heavy atom. The molecule has 1 saturated heterocycles. The predicted octanol–water partition coefficient (Wildman–Crippen LogP) is 1.45. The molecule has 0 bridgehead atoms. The molecule has 1 unspecified atom stereocenters. The Labute approximate surface area is 158 Å². The zero-order valence-electron chi connectivity index (χ0n) is 15.7. The van der Waals surface area contributed by atoms with Crippen LogP contribution in [0, 0.1) is 12.8 Å². The molecule has 2 aromatic heterocycles. The number of amides is 2. The average molecular weight is 368 g/mol. The van der Waals surface area contributed by atoms with Gasteiger partial charge in [0.1, 0.15) is 11.4 Å². The van der Waals surface area contributed by atoms with Gasteiger partial charge in [-0.05, 0) is 32.1 Å². The number of aryl methyl sites for hydroxylation is 2. The first-order valence-electron chi connectivity index (χ1n) is 9.49. The minimum absolute atomic E-state index is 0.0105. The van der Waals surface area contributed by atoms with Crippen LogP contribution in [0.25, 0.3) is 0 Å². The molecule has 2 aromatic rings. The van der Waals surface area contributed by atoms with Gasteiger partial charge in [0.05, 0.1) is 24.1 Å². The van der Waals surface area contributed by atoms with Gasteiger partial charge in [0, 0.05) is 31.4 Å². The maximum atomic E-state index is 13.1. The second kappa shape index (κ2) is 7.09. The van der Waals surface area contributed by atoms with E-state index in [1.165, 1.54) is 6.20 Å². The second-order valence-electron chi connectivity index (χ2n) is 7.32. The van der Waals surface area contributed by atoms with E-state index in [2.05, 4.69) is 20.2 Å². The minimum atomic E-state index is -0.111. The molecule has 1 aliphatic carbocycles. The first-order chi connectivity index (χ1) is 13.1. The van der Waals surface area contributed by atoms with Crippen LogP contribution < -0.4 is 0 Å². The quantitative estimate of drug-likeness (QED) is 0.881. The molecule has 27 heavy (non-hydrogen) atoms. The predicted molar refractivity (Wildman–Crippen MR) is 98.2 cm³/mol. The summed E-state index contributed by atoms with van der Waals surface area (Å²) in [6.45, 7) is 5.40. The molecule has 1 aliphatic heterocycles. The van der Waals surface area contributed by atoms with E-state index in [1.807, 2.05) is 23.6 Å². The van der Waals surface area contributed by atoms with Crippen molar-refractivity contribution in [1.82, 2.24) is 30.0 Å². The fourth-order valence-corrected chi connectivity index (χ4v) is 3.77. The summed E-state index contributed by atoms with van der Waals surface area (Å²) in [5.41, 5.74) is 2.60. The van der Waals surface area contributed by atoms with E-state index >= 15 is 0 Å². The molecule has 2 amide bonds. The molecule has 0 spiro atoms. The number of carbonyl (C=O) groups is 2. The first kappa shape index (κ1) is 17.6. The summed E-state index contributed by atoms with van der Waals surface area (Å²) in [5, 5.41) is 6.89. The van der Waals surface area contributed by atoms with E-state index in [0.717, 1.165) is 30.5 Å². The van der Waals surface area contributed by atoms with Crippen molar-refractivity contribution in [3.8, 4) is 0 Å². The number of rotatable bonds is 4. The molecular formula is C19H24N6O2. The third kappa shape index (κ3) is 3.43. The van der Waals surface area contributed by atoms with E-state index < -0.39 is 0 Å². The number of nitrogens with one attached hydrogen (secondary N) is 1. The summed E-state index contributed by atoms with van der Waals surface area (Å²) < 4.78 is 0. The van der Waals surface area contributed by atoms with Gasteiger partial charge in [-0.25, -0.2) is 4.98 Å². The van der Waals surface area contributed by atoms with E-state index in [4.69, 9.17) is 0 Å². The Kier molecular flexibility index (Phi) is 4.63. The summed E-state index contributed by atoms with van der Waals surface area (Å²) in [6, 6.07) is 0.0426. The Balaban J connectivity index is 1.53. The summed E-state index contributed by atoms with van der Waals surface area (Å²) in [5.74, 6) is 0.338. The summed E-state index contributed by atoms with van der Waals surface area (Å²) in [6.07, 6.45) is 7.83. The molecule has 8 heteroatoms. The first-order valence-corrected chi connectivity index (χ1v) is 9.49. The van der Waals surface area contributed by atoms with Crippen molar-refractivity contribution in [2.45, 2.75) is 39.2 Å². The van der Waals surface area contributed by atoms with Crippen LogP contribution in [0.5, 0.6) is 0 Å².